The molecule has 0 bridgehead atoms. The Morgan fingerprint density at radius 3 is 2.55 bits per heavy atom. The first-order chi connectivity index (χ1) is 9.83. The number of hydrogen-bond acceptors (Lipinski definition) is 2. The van der Waals surface area contributed by atoms with Crippen LogP contribution in [-0.4, -0.2) is 5.78 Å². The highest BCUT2D eigenvalue weighted by Crippen LogP contribution is 2.26. The number of thiophene rings is 1. The van der Waals surface area contributed by atoms with Gasteiger partial charge in [0.15, 0.2) is 5.78 Å². The molecule has 2 aromatic rings. The molecule has 1 aromatic carbocycles. The van der Waals surface area contributed by atoms with Crippen LogP contribution in [0.5, 0.6) is 0 Å². The summed E-state index contributed by atoms with van der Waals surface area (Å²) in [5.74, 6) is 0.312. The van der Waals surface area contributed by atoms with E-state index >= 15 is 0 Å². The quantitative estimate of drug-likeness (QED) is 0.395. The highest BCUT2D eigenvalue weighted by Gasteiger charge is 2.10. The highest BCUT2D eigenvalue weighted by atomic mass is 32.1. The summed E-state index contributed by atoms with van der Waals surface area (Å²) in [5.41, 5.74) is 0.920. The normalized spacial score (nSPS) is 11.1. The van der Waals surface area contributed by atoms with Gasteiger partial charge in [0, 0.05) is 16.7 Å². The fourth-order valence-electron chi connectivity index (χ4n) is 2.59. The summed E-state index contributed by atoms with van der Waals surface area (Å²) in [4.78, 5) is 12.3. The average Bonchev–Trinajstić information content (AvgIpc) is 2.94. The number of unbranched alkanes of at least 4 members (excludes halogenated alkanes) is 6. The summed E-state index contributed by atoms with van der Waals surface area (Å²) in [6.07, 6.45) is 9.51. The molecule has 0 aliphatic carbocycles. The van der Waals surface area contributed by atoms with E-state index in [9.17, 15) is 4.79 Å². The summed E-state index contributed by atoms with van der Waals surface area (Å²) in [7, 11) is 0. The molecule has 0 N–H and O–H groups in total. The predicted molar refractivity (Wildman–Crippen MR) is 88.8 cm³/mol. The first-order valence-electron chi connectivity index (χ1n) is 7.82. The molecule has 0 saturated heterocycles. The zero-order valence-electron chi connectivity index (χ0n) is 12.4. The molecule has 0 unspecified atom stereocenters. The third-order valence-corrected chi connectivity index (χ3v) is 4.75. The molecule has 0 atom stereocenters. The van der Waals surface area contributed by atoms with Gasteiger partial charge in [-0.1, -0.05) is 57.6 Å². The molecule has 108 valence electrons. The standard InChI is InChI=1S/C18H24OS/c1-2-3-4-5-6-7-8-12-17(19)16-11-9-10-15-13-14-20-18(15)16/h9-11,13-14H,2-8,12H2,1H3. The third-order valence-electron chi connectivity index (χ3n) is 3.79. The molecule has 2 heteroatoms. The van der Waals surface area contributed by atoms with Gasteiger partial charge in [0.1, 0.15) is 0 Å². The van der Waals surface area contributed by atoms with Gasteiger partial charge in [-0.05, 0) is 29.3 Å². The fourth-order valence-corrected chi connectivity index (χ4v) is 3.52. The van der Waals surface area contributed by atoms with E-state index in [-0.39, 0.29) is 0 Å². The topological polar surface area (TPSA) is 17.1 Å². The minimum Gasteiger partial charge on any atom is -0.294 e. The van der Waals surface area contributed by atoms with Crippen LogP contribution in [-0.2, 0) is 0 Å². The fraction of sp³-hybridized carbons (Fsp3) is 0.500. The van der Waals surface area contributed by atoms with Gasteiger partial charge in [0.05, 0.1) is 0 Å². The molecule has 0 amide bonds. The molecule has 2 rings (SSSR count). The van der Waals surface area contributed by atoms with Crippen molar-refractivity contribution in [1.29, 1.82) is 0 Å². The van der Waals surface area contributed by atoms with Gasteiger partial charge in [-0.2, -0.15) is 0 Å². The molecule has 1 heterocycles. The first-order valence-corrected chi connectivity index (χ1v) is 8.70. The average molecular weight is 288 g/mol. The third kappa shape index (κ3) is 4.17. The summed E-state index contributed by atoms with van der Waals surface area (Å²) in [5, 5.41) is 3.26. The highest BCUT2D eigenvalue weighted by molar-refractivity contribution is 7.17. The van der Waals surface area contributed by atoms with Gasteiger partial charge in [-0.3, -0.25) is 4.79 Å². The number of carbonyl (C=O) groups is 1. The zero-order valence-corrected chi connectivity index (χ0v) is 13.2. The van der Waals surface area contributed by atoms with E-state index in [1.54, 1.807) is 11.3 Å². The van der Waals surface area contributed by atoms with Crippen LogP contribution < -0.4 is 0 Å². The van der Waals surface area contributed by atoms with Gasteiger partial charge in [0.2, 0.25) is 0 Å². The van der Waals surface area contributed by atoms with Crippen LogP contribution in [0.15, 0.2) is 29.6 Å². The molecule has 0 fully saturated rings. The minimum absolute atomic E-state index is 0.312. The molecule has 0 radical (unpaired) electrons. The Hall–Kier alpha value is -1.15. The van der Waals surface area contributed by atoms with Crippen molar-refractivity contribution < 1.29 is 4.79 Å². The lowest BCUT2D eigenvalue weighted by molar-refractivity contribution is 0.0981. The predicted octanol–water partition coefficient (Wildman–Crippen LogP) is 6.22. The Labute approximate surface area is 126 Å². The Balaban J connectivity index is 1.76. The molecule has 1 nitrogen and oxygen atoms in total. The van der Waals surface area contributed by atoms with Crippen molar-refractivity contribution in [1.82, 2.24) is 0 Å². The number of Topliss-reactive ketones (excluding diaryl/α,β-unsaturated/α-hetero) is 1. The van der Waals surface area contributed by atoms with Crippen LogP contribution in [0.25, 0.3) is 10.1 Å². The minimum atomic E-state index is 0.312. The second kappa shape index (κ2) is 8.21. The first kappa shape index (κ1) is 15.2. The van der Waals surface area contributed by atoms with E-state index in [1.165, 1.54) is 43.9 Å². The van der Waals surface area contributed by atoms with E-state index < -0.39 is 0 Å². The molecule has 0 saturated carbocycles. The van der Waals surface area contributed by atoms with Gasteiger partial charge in [-0.15, -0.1) is 11.3 Å². The number of rotatable bonds is 9. The van der Waals surface area contributed by atoms with Crippen molar-refractivity contribution >= 4 is 27.2 Å². The van der Waals surface area contributed by atoms with E-state index in [0.29, 0.717) is 12.2 Å². The van der Waals surface area contributed by atoms with Crippen LogP contribution in [0, 0.1) is 0 Å². The van der Waals surface area contributed by atoms with Crippen molar-refractivity contribution in [3.63, 3.8) is 0 Å². The maximum Gasteiger partial charge on any atom is 0.164 e. The number of carbonyl (C=O) groups excluding carboxylic acids is 1. The Morgan fingerprint density at radius 2 is 1.75 bits per heavy atom. The maximum absolute atomic E-state index is 12.3. The smallest absolute Gasteiger partial charge is 0.164 e. The number of hydrogen-bond donors (Lipinski definition) is 0. The van der Waals surface area contributed by atoms with E-state index in [1.807, 2.05) is 12.1 Å². The summed E-state index contributed by atoms with van der Waals surface area (Å²) in [6.45, 7) is 2.24. The molecule has 0 aliphatic heterocycles. The lowest BCUT2D eigenvalue weighted by Crippen LogP contribution is -1.98. The van der Waals surface area contributed by atoms with Gasteiger partial charge >= 0.3 is 0 Å². The lowest BCUT2D eigenvalue weighted by Gasteiger charge is -2.03. The van der Waals surface area contributed by atoms with Crippen molar-refractivity contribution in [2.24, 2.45) is 0 Å². The Bertz CT molecular complexity index is 541. The summed E-state index contributed by atoms with van der Waals surface area (Å²) < 4.78 is 1.15. The molecule has 0 aliphatic rings. The van der Waals surface area contributed by atoms with Crippen molar-refractivity contribution in [3.05, 3.63) is 35.2 Å². The maximum atomic E-state index is 12.3. The van der Waals surface area contributed by atoms with Crippen LogP contribution in [0.3, 0.4) is 0 Å². The van der Waals surface area contributed by atoms with E-state index in [4.69, 9.17) is 0 Å². The van der Waals surface area contributed by atoms with Crippen molar-refractivity contribution in [3.8, 4) is 0 Å². The Morgan fingerprint density at radius 1 is 1.00 bits per heavy atom. The largest absolute Gasteiger partial charge is 0.294 e. The zero-order chi connectivity index (χ0) is 14.2. The number of fused-ring (bicyclic) bond motifs is 1. The van der Waals surface area contributed by atoms with Crippen LogP contribution in [0.4, 0.5) is 0 Å². The summed E-state index contributed by atoms with van der Waals surface area (Å²) in [6, 6.07) is 8.14. The molecule has 1 aromatic heterocycles. The van der Waals surface area contributed by atoms with Gasteiger partial charge in [0.25, 0.3) is 0 Å². The van der Waals surface area contributed by atoms with E-state index in [0.717, 1.165) is 16.7 Å². The second-order valence-electron chi connectivity index (χ2n) is 5.44. The SMILES string of the molecule is CCCCCCCCCC(=O)c1cccc2ccsc12. The van der Waals surface area contributed by atoms with Crippen LogP contribution >= 0.6 is 11.3 Å². The summed E-state index contributed by atoms with van der Waals surface area (Å²) >= 11 is 1.67. The Kier molecular flexibility index (Phi) is 6.25. The second-order valence-corrected chi connectivity index (χ2v) is 6.36. The van der Waals surface area contributed by atoms with Crippen molar-refractivity contribution in [2.75, 3.05) is 0 Å². The lowest BCUT2D eigenvalue weighted by atomic mass is 10.0. The number of benzene rings is 1. The molecule has 20 heavy (non-hydrogen) atoms. The van der Waals surface area contributed by atoms with Crippen molar-refractivity contribution in [2.45, 2.75) is 58.3 Å². The van der Waals surface area contributed by atoms with Gasteiger partial charge in [-0.25, -0.2) is 0 Å². The number of ketones is 1. The van der Waals surface area contributed by atoms with Crippen LogP contribution in [0.2, 0.25) is 0 Å². The molecule has 0 spiro atoms. The monoisotopic (exact) mass is 288 g/mol. The molecular formula is C18H24OS. The van der Waals surface area contributed by atoms with E-state index in [2.05, 4.69) is 24.4 Å². The molecular weight excluding hydrogens is 264 g/mol. The van der Waals surface area contributed by atoms with Gasteiger partial charge < -0.3 is 0 Å². The van der Waals surface area contributed by atoms with Crippen LogP contribution in [0.1, 0.15) is 68.6 Å².